The second kappa shape index (κ2) is 5.93. The Bertz CT molecular complexity index is 400. The highest BCUT2D eigenvalue weighted by molar-refractivity contribution is 5.39. The molecule has 2 N–H and O–H groups in total. The van der Waals surface area contributed by atoms with Crippen molar-refractivity contribution < 1.29 is 4.74 Å². The third-order valence-corrected chi connectivity index (χ3v) is 3.56. The van der Waals surface area contributed by atoms with Gasteiger partial charge in [-0.05, 0) is 57.9 Å². The zero-order chi connectivity index (χ0) is 13.9. The summed E-state index contributed by atoms with van der Waals surface area (Å²) in [7, 11) is 0. The Morgan fingerprint density at radius 3 is 2.63 bits per heavy atom. The van der Waals surface area contributed by atoms with E-state index in [0.29, 0.717) is 6.10 Å². The standard InChI is InChI=1S/C16H26N2O/c1-13-11-18(12-16(2,3)19-13)10-4-5-14-6-8-15(17)9-7-14/h6-9,13H,4-5,10-12,17H2,1-3H3. The normalized spacial score (nSPS) is 23.4. The lowest BCUT2D eigenvalue weighted by molar-refractivity contribution is -0.128. The van der Waals surface area contributed by atoms with Crippen LogP contribution in [-0.4, -0.2) is 36.2 Å². The van der Waals surface area contributed by atoms with E-state index in [9.17, 15) is 0 Å². The maximum absolute atomic E-state index is 5.93. The van der Waals surface area contributed by atoms with E-state index in [4.69, 9.17) is 10.5 Å². The first kappa shape index (κ1) is 14.4. The summed E-state index contributed by atoms with van der Waals surface area (Å²) in [4.78, 5) is 2.52. The quantitative estimate of drug-likeness (QED) is 0.848. The monoisotopic (exact) mass is 262 g/mol. The minimum atomic E-state index is -0.0150. The van der Waals surface area contributed by atoms with Gasteiger partial charge in [-0.1, -0.05) is 12.1 Å². The average molecular weight is 262 g/mol. The summed E-state index contributed by atoms with van der Waals surface area (Å²) in [5.74, 6) is 0. The van der Waals surface area contributed by atoms with E-state index in [1.165, 1.54) is 12.0 Å². The Labute approximate surface area is 116 Å². The molecule has 0 bridgehead atoms. The van der Waals surface area contributed by atoms with Gasteiger partial charge >= 0.3 is 0 Å². The lowest BCUT2D eigenvalue weighted by Crippen LogP contribution is -2.52. The lowest BCUT2D eigenvalue weighted by Gasteiger charge is -2.41. The second-order valence-electron chi connectivity index (χ2n) is 6.27. The molecule has 0 aliphatic carbocycles. The van der Waals surface area contributed by atoms with Gasteiger partial charge in [-0.3, -0.25) is 4.90 Å². The molecule has 1 fully saturated rings. The summed E-state index contributed by atoms with van der Waals surface area (Å²) < 4.78 is 5.93. The average Bonchev–Trinajstić information content (AvgIpc) is 2.29. The van der Waals surface area contributed by atoms with E-state index in [0.717, 1.165) is 31.7 Å². The first-order valence-electron chi connectivity index (χ1n) is 7.19. The molecule has 0 spiro atoms. The number of nitrogen functional groups attached to an aromatic ring is 1. The van der Waals surface area contributed by atoms with E-state index in [-0.39, 0.29) is 5.60 Å². The van der Waals surface area contributed by atoms with Crippen molar-refractivity contribution in [1.82, 2.24) is 4.90 Å². The molecular weight excluding hydrogens is 236 g/mol. The molecule has 3 heteroatoms. The Morgan fingerprint density at radius 1 is 1.32 bits per heavy atom. The number of hydrogen-bond acceptors (Lipinski definition) is 3. The van der Waals surface area contributed by atoms with Crippen molar-refractivity contribution in [2.45, 2.75) is 45.3 Å². The molecule has 0 aromatic heterocycles. The SMILES string of the molecule is CC1CN(CCCc2ccc(N)cc2)CC(C)(C)O1. The van der Waals surface area contributed by atoms with Crippen molar-refractivity contribution >= 4 is 5.69 Å². The van der Waals surface area contributed by atoms with Gasteiger partial charge in [0.2, 0.25) is 0 Å². The predicted molar refractivity (Wildman–Crippen MR) is 80.2 cm³/mol. The summed E-state index contributed by atoms with van der Waals surface area (Å²) in [6, 6.07) is 8.22. The van der Waals surface area contributed by atoms with Crippen LogP contribution < -0.4 is 5.73 Å². The molecule has 19 heavy (non-hydrogen) atoms. The van der Waals surface area contributed by atoms with Gasteiger partial charge in [-0.2, -0.15) is 0 Å². The smallest absolute Gasteiger partial charge is 0.0757 e. The number of hydrogen-bond donors (Lipinski definition) is 1. The van der Waals surface area contributed by atoms with Crippen LogP contribution in [-0.2, 0) is 11.2 Å². The van der Waals surface area contributed by atoms with Crippen molar-refractivity contribution in [3.05, 3.63) is 29.8 Å². The Morgan fingerprint density at radius 2 is 2.00 bits per heavy atom. The van der Waals surface area contributed by atoms with E-state index in [1.807, 2.05) is 12.1 Å². The molecule has 1 atom stereocenters. The molecule has 0 radical (unpaired) electrons. The summed E-state index contributed by atoms with van der Waals surface area (Å²) in [5, 5.41) is 0. The number of rotatable bonds is 4. The second-order valence-corrected chi connectivity index (χ2v) is 6.27. The summed E-state index contributed by atoms with van der Waals surface area (Å²) in [6.07, 6.45) is 2.64. The van der Waals surface area contributed by atoms with Crippen molar-refractivity contribution in [3.63, 3.8) is 0 Å². The van der Waals surface area contributed by atoms with E-state index >= 15 is 0 Å². The Balaban J connectivity index is 1.77. The van der Waals surface area contributed by atoms with Crippen LogP contribution in [0.5, 0.6) is 0 Å². The van der Waals surface area contributed by atoms with Crippen LogP contribution in [0.15, 0.2) is 24.3 Å². The first-order chi connectivity index (χ1) is 8.94. The maximum Gasteiger partial charge on any atom is 0.0757 e. The number of anilines is 1. The highest BCUT2D eigenvalue weighted by Gasteiger charge is 2.30. The Kier molecular flexibility index (Phi) is 4.48. The van der Waals surface area contributed by atoms with Crippen LogP contribution >= 0.6 is 0 Å². The van der Waals surface area contributed by atoms with Crippen LogP contribution in [0.3, 0.4) is 0 Å². The third kappa shape index (κ3) is 4.51. The zero-order valence-electron chi connectivity index (χ0n) is 12.4. The molecule has 1 unspecified atom stereocenters. The molecule has 1 heterocycles. The molecule has 1 saturated heterocycles. The molecule has 2 rings (SSSR count). The van der Waals surface area contributed by atoms with Crippen molar-refractivity contribution in [3.8, 4) is 0 Å². The van der Waals surface area contributed by atoms with Crippen molar-refractivity contribution in [2.24, 2.45) is 0 Å². The van der Waals surface area contributed by atoms with Crippen LogP contribution in [0.2, 0.25) is 0 Å². The number of ether oxygens (including phenoxy) is 1. The van der Waals surface area contributed by atoms with Crippen LogP contribution in [0, 0.1) is 0 Å². The fraction of sp³-hybridized carbons (Fsp3) is 0.625. The summed E-state index contributed by atoms with van der Waals surface area (Å²) in [6.45, 7) is 9.73. The number of nitrogens with two attached hydrogens (primary N) is 1. The largest absolute Gasteiger partial charge is 0.399 e. The van der Waals surface area contributed by atoms with Crippen LogP contribution in [0.4, 0.5) is 5.69 Å². The van der Waals surface area contributed by atoms with E-state index in [2.05, 4.69) is 37.8 Å². The molecule has 3 nitrogen and oxygen atoms in total. The molecule has 1 aromatic rings. The topological polar surface area (TPSA) is 38.5 Å². The first-order valence-corrected chi connectivity index (χ1v) is 7.19. The van der Waals surface area contributed by atoms with E-state index < -0.39 is 0 Å². The predicted octanol–water partition coefficient (Wildman–Crippen LogP) is 2.70. The van der Waals surface area contributed by atoms with Crippen molar-refractivity contribution in [1.29, 1.82) is 0 Å². The minimum absolute atomic E-state index is 0.0150. The van der Waals surface area contributed by atoms with Gasteiger partial charge in [0.25, 0.3) is 0 Å². The highest BCUT2D eigenvalue weighted by Crippen LogP contribution is 2.21. The fourth-order valence-corrected chi connectivity index (χ4v) is 2.95. The fourth-order valence-electron chi connectivity index (χ4n) is 2.95. The van der Waals surface area contributed by atoms with Crippen LogP contribution in [0.25, 0.3) is 0 Å². The highest BCUT2D eigenvalue weighted by atomic mass is 16.5. The van der Waals surface area contributed by atoms with Gasteiger partial charge in [0.15, 0.2) is 0 Å². The van der Waals surface area contributed by atoms with Gasteiger partial charge in [0.1, 0.15) is 0 Å². The third-order valence-electron chi connectivity index (χ3n) is 3.56. The summed E-state index contributed by atoms with van der Waals surface area (Å²) >= 11 is 0. The van der Waals surface area contributed by atoms with Crippen molar-refractivity contribution in [2.75, 3.05) is 25.4 Å². The lowest BCUT2D eigenvalue weighted by atomic mass is 10.0. The molecule has 0 amide bonds. The number of benzene rings is 1. The summed E-state index contributed by atoms with van der Waals surface area (Å²) in [5.41, 5.74) is 7.89. The number of morpholine rings is 1. The minimum Gasteiger partial charge on any atom is -0.399 e. The van der Waals surface area contributed by atoms with Crippen LogP contribution in [0.1, 0.15) is 32.8 Å². The number of aryl methyl sites for hydroxylation is 1. The maximum atomic E-state index is 5.93. The molecule has 106 valence electrons. The van der Waals surface area contributed by atoms with Gasteiger partial charge in [-0.15, -0.1) is 0 Å². The molecular formula is C16H26N2O. The number of nitrogens with zero attached hydrogens (tertiary/aromatic N) is 1. The molecule has 1 aliphatic heterocycles. The molecule has 1 aliphatic rings. The van der Waals surface area contributed by atoms with Gasteiger partial charge in [0.05, 0.1) is 11.7 Å². The van der Waals surface area contributed by atoms with Gasteiger partial charge in [0, 0.05) is 18.8 Å². The molecule has 1 aromatic carbocycles. The van der Waals surface area contributed by atoms with Gasteiger partial charge in [-0.25, -0.2) is 0 Å². The van der Waals surface area contributed by atoms with Gasteiger partial charge < -0.3 is 10.5 Å². The van der Waals surface area contributed by atoms with E-state index in [1.54, 1.807) is 0 Å². The Hall–Kier alpha value is -1.06. The molecule has 0 saturated carbocycles. The zero-order valence-corrected chi connectivity index (χ0v) is 12.4.